The highest BCUT2D eigenvalue weighted by atomic mass is 16.5. The van der Waals surface area contributed by atoms with Gasteiger partial charge in [-0.1, -0.05) is 18.2 Å². The number of nitrogens with zero attached hydrogens (tertiary/aromatic N) is 4. The van der Waals surface area contributed by atoms with Crippen molar-refractivity contribution in [1.82, 2.24) is 19.7 Å². The molecule has 3 heterocycles. The number of aromatic nitrogens is 3. The predicted molar refractivity (Wildman–Crippen MR) is 106 cm³/mol. The zero-order valence-electron chi connectivity index (χ0n) is 15.8. The minimum atomic E-state index is 0.00321. The van der Waals surface area contributed by atoms with Gasteiger partial charge in [0.2, 0.25) is 0 Å². The second kappa shape index (κ2) is 8.80. The van der Waals surface area contributed by atoms with Crippen LogP contribution in [0.4, 0.5) is 0 Å². The molecular formula is C22H24N4O2. The van der Waals surface area contributed by atoms with Crippen LogP contribution in [0.25, 0.3) is 0 Å². The highest BCUT2D eigenvalue weighted by Crippen LogP contribution is 2.18. The van der Waals surface area contributed by atoms with Gasteiger partial charge in [0.1, 0.15) is 0 Å². The van der Waals surface area contributed by atoms with Gasteiger partial charge in [-0.15, -0.1) is 0 Å². The lowest BCUT2D eigenvalue weighted by Gasteiger charge is -2.25. The maximum atomic E-state index is 13.3. The van der Waals surface area contributed by atoms with Crippen LogP contribution in [0.5, 0.6) is 0 Å². The van der Waals surface area contributed by atoms with Crippen LogP contribution < -0.4 is 0 Å². The molecule has 6 nitrogen and oxygen atoms in total. The van der Waals surface area contributed by atoms with Gasteiger partial charge < -0.3 is 9.64 Å². The summed E-state index contributed by atoms with van der Waals surface area (Å²) >= 11 is 0. The van der Waals surface area contributed by atoms with Crippen LogP contribution >= 0.6 is 0 Å². The van der Waals surface area contributed by atoms with E-state index in [0.717, 1.165) is 30.7 Å². The van der Waals surface area contributed by atoms with E-state index in [0.29, 0.717) is 25.2 Å². The van der Waals surface area contributed by atoms with Crippen LogP contribution in [0.1, 0.15) is 34.5 Å². The molecule has 3 aromatic rings. The molecule has 1 atom stereocenters. The third kappa shape index (κ3) is 4.64. The van der Waals surface area contributed by atoms with Crippen LogP contribution in [0.15, 0.2) is 67.1 Å². The van der Waals surface area contributed by atoms with Gasteiger partial charge in [-0.3, -0.25) is 14.5 Å². The number of carbonyl (C=O) groups is 1. The molecule has 4 rings (SSSR count). The van der Waals surface area contributed by atoms with Crippen molar-refractivity contribution in [2.75, 3.05) is 13.2 Å². The average molecular weight is 376 g/mol. The molecule has 2 aromatic heterocycles. The quantitative estimate of drug-likeness (QED) is 0.636. The molecule has 1 aliphatic heterocycles. The largest absolute Gasteiger partial charge is 0.376 e. The summed E-state index contributed by atoms with van der Waals surface area (Å²) in [5.74, 6) is 0.00321. The molecule has 0 unspecified atom stereocenters. The van der Waals surface area contributed by atoms with Crippen molar-refractivity contribution >= 4 is 5.91 Å². The van der Waals surface area contributed by atoms with E-state index in [-0.39, 0.29) is 12.0 Å². The summed E-state index contributed by atoms with van der Waals surface area (Å²) in [5, 5.41) is 4.24. The van der Waals surface area contributed by atoms with Gasteiger partial charge in [0, 0.05) is 37.3 Å². The highest BCUT2D eigenvalue weighted by Gasteiger charge is 2.24. The Kier molecular flexibility index (Phi) is 5.77. The maximum absolute atomic E-state index is 13.3. The Morgan fingerprint density at radius 2 is 2.14 bits per heavy atom. The Hall–Kier alpha value is -2.99. The molecule has 0 saturated carbocycles. The Morgan fingerprint density at radius 1 is 1.18 bits per heavy atom. The molecule has 1 fully saturated rings. The van der Waals surface area contributed by atoms with Gasteiger partial charge in [-0.05, 0) is 48.7 Å². The van der Waals surface area contributed by atoms with Crippen molar-refractivity contribution < 1.29 is 9.53 Å². The number of hydrogen-bond donors (Lipinski definition) is 0. The first-order valence-electron chi connectivity index (χ1n) is 9.65. The molecule has 1 saturated heterocycles. The van der Waals surface area contributed by atoms with E-state index in [1.807, 2.05) is 64.3 Å². The van der Waals surface area contributed by atoms with E-state index >= 15 is 0 Å². The van der Waals surface area contributed by atoms with Crippen LogP contribution in [-0.4, -0.2) is 44.8 Å². The fraction of sp³-hybridized carbons (Fsp3) is 0.318. The molecule has 0 aliphatic carbocycles. The van der Waals surface area contributed by atoms with Gasteiger partial charge in [0.15, 0.2) is 0 Å². The number of hydrogen-bond acceptors (Lipinski definition) is 4. The van der Waals surface area contributed by atoms with Crippen LogP contribution in [0, 0.1) is 0 Å². The van der Waals surface area contributed by atoms with Crippen LogP contribution in [0.2, 0.25) is 0 Å². The normalized spacial score (nSPS) is 16.2. The summed E-state index contributed by atoms with van der Waals surface area (Å²) < 4.78 is 7.62. The summed E-state index contributed by atoms with van der Waals surface area (Å²) in [6, 6.07) is 15.4. The van der Waals surface area contributed by atoms with Crippen molar-refractivity contribution in [3.8, 4) is 0 Å². The van der Waals surface area contributed by atoms with Crippen molar-refractivity contribution in [2.45, 2.75) is 32.0 Å². The lowest BCUT2D eigenvalue weighted by atomic mass is 10.1. The number of pyridine rings is 1. The summed E-state index contributed by atoms with van der Waals surface area (Å²) in [6.07, 6.45) is 7.57. The lowest BCUT2D eigenvalue weighted by Crippen LogP contribution is -2.37. The number of rotatable bonds is 7. The average Bonchev–Trinajstić information content (AvgIpc) is 3.42. The summed E-state index contributed by atoms with van der Waals surface area (Å²) in [4.78, 5) is 19.6. The Morgan fingerprint density at radius 3 is 2.89 bits per heavy atom. The zero-order valence-corrected chi connectivity index (χ0v) is 15.8. The number of benzene rings is 1. The molecule has 1 amide bonds. The van der Waals surface area contributed by atoms with E-state index < -0.39 is 0 Å². The molecule has 0 bridgehead atoms. The van der Waals surface area contributed by atoms with E-state index in [1.165, 1.54) is 0 Å². The molecule has 0 spiro atoms. The summed E-state index contributed by atoms with van der Waals surface area (Å²) in [7, 11) is 0. The first-order valence-corrected chi connectivity index (χ1v) is 9.65. The Balaban J connectivity index is 1.53. The monoisotopic (exact) mass is 376 g/mol. The highest BCUT2D eigenvalue weighted by molar-refractivity contribution is 5.94. The maximum Gasteiger partial charge on any atom is 0.254 e. The van der Waals surface area contributed by atoms with Crippen molar-refractivity contribution in [3.05, 3.63) is 83.9 Å². The smallest absolute Gasteiger partial charge is 0.254 e. The number of amides is 1. The van der Waals surface area contributed by atoms with Gasteiger partial charge in [-0.25, -0.2) is 0 Å². The van der Waals surface area contributed by atoms with Gasteiger partial charge >= 0.3 is 0 Å². The molecule has 6 heteroatoms. The second-order valence-electron chi connectivity index (χ2n) is 7.05. The van der Waals surface area contributed by atoms with Crippen LogP contribution in [0.3, 0.4) is 0 Å². The molecule has 0 radical (unpaired) electrons. The first kappa shape index (κ1) is 18.4. The standard InChI is InChI=1S/C22H24N4O2/c27-22(19-7-3-6-18(14-19)15-26-12-5-11-24-26)25(17-21-9-4-13-28-21)16-20-8-1-2-10-23-20/h1-3,5-8,10-12,14,21H,4,9,13,15-17H2/t21-/m1/s1. The summed E-state index contributed by atoms with van der Waals surface area (Å²) in [6.45, 7) is 2.47. The van der Waals surface area contributed by atoms with E-state index in [2.05, 4.69) is 10.1 Å². The fourth-order valence-corrected chi connectivity index (χ4v) is 3.51. The minimum absolute atomic E-state index is 0.00321. The topological polar surface area (TPSA) is 60.2 Å². The Bertz CT molecular complexity index is 890. The fourth-order valence-electron chi connectivity index (χ4n) is 3.51. The number of ether oxygens (including phenoxy) is 1. The van der Waals surface area contributed by atoms with Gasteiger partial charge in [-0.2, -0.15) is 5.10 Å². The lowest BCUT2D eigenvalue weighted by molar-refractivity contribution is 0.0504. The third-order valence-corrected chi connectivity index (χ3v) is 4.89. The molecule has 1 aliphatic rings. The summed E-state index contributed by atoms with van der Waals surface area (Å²) in [5.41, 5.74) is 2.60. The van der Waals surface area contributed by atoms with Gasteiger partial charge in [0.25, 0.3) is 5.91 Å². The molecule has 0 N–H and O–H groups in total. The Labute approximate surface area is 164 Å². The van der Waals surface area contributed by atoms with E-state index in [4.69, 9.17) is 4.74 Å². The molecular weight excluding hydrogens is 352 g/mol. The van der Waals surface area contributed by atoms with Crippen molar-refractivity contribution in [1.29, 1.82) is 0 Å². The molecule has 28 heavy (non-hydrogen) atoms. The number of carbonyl (C=O) groups excluding carboxylic acids is 1. The second-order valence-corrected chi connectivity index (χ2v) is 7.05. The van der Waals surface area contributed by atoms with Crippen molar-refractivity contribution in [3.63, 3.8) is 0 Å². The molecule has 1 aromatic carbocycles. The third-order valence-electron chi connectivity index (χ3n) is 4.89. The minimum Gasteiger partial charge on any atom is -0.376 e. The zero-order chi connectivity index (χ0) is 19.2. The van der Waals surface area contributed by atoms with E-state index in [1.54, 1.807) is 12.4 Å². The predicted octanol–water partition coefficient (Wildman–Crippen LogP) is 3.15. The van der Waals surface area contributed by atoms with E-state index in [9.17, 15) is 4.79 Å². The first-order chi connectivity index (χ1) is 13.8. The van der Waals surface area contributed by atoms with Gasteiger partial charge in [0.05, 0.1) is 24.9 Å². The van der Waals surface area contributed by atoms with Crippen LogP contribution in [-0.2, 0) is 17.8 Å². The SMILES string of the molecule is O=C(c1cccc(Cn2cccn2)c1)N(Cc1ccccn1)C[C@H]1CCCO1. The molecule has 144 valence electrons. The van der Waals surface area contributed by atoms with Crippen molar-refractivity contribution in [2.24, 2.45) is 0 Å².